The molecule has 0 amide bonds. The van der Waals surface area contributed by atoms with Crippen LogP contribution in [0.3, 0.4) is 0 Å². The molecular weight excluding hydrogens is 260 g/mol. The van der Waals surface area contributed by atoms with E-state index in [1.807, 2.05) is 12.2 Å². The number of carbonyl (C=O) groups is 2. The molecule has 1 aromatic carbocycles. The lowest BCUT2D eigenvalue weighted by atomic mass is 10.1. The van der Waals surface area contributed by atoms with Gasteiger partial charge < -0.3 is 14.2 Å². The summed E-state index contributed by atoms with van der Waals surface area (Å²) in [6.07, 6.45) is 5.38. The van der Waals surface area contributed by atoms with E-state index in [1.165, 1.54) is 12.1 Å². The molecule has 0 atom stereocenters. The number of rotatable bonds is 5. The molecule has 104 valence electrons. The monoisotopic (exact) mass is 274 g/mol. The van der Waals surface area contributed by atoms with Crippen LogP contribution in [0.15, 0.2) is 48.4 Å². The van der Waals surface area contributed by atoms with Crippen molar-refractivity contribution >= 4 is 11.8 Å². The quantitative estimate of drug-likeness (QED) is 0.468. The standard InChI is InChI=1S/C15H14O5/c1-2-18-15(17)14(16)11-6-8-12(9-7-11)20-13-5-3-4-10-19-13/h3-9H,2,10H2,1H3. The highest BCUT2D eigenvalue weighted by molar-refractivity contribution is 6.40. The summed E-state index contributed by atoms with van der Waals surface area (Å²) in [6, 6.07) is 6.20. The molecule has 0 N–H and O–H groups in total. The first-order valence-electron chi connectivity index (χ1n) is 6.19. The molecule has 1 heterocycles. The molecule has 1 aromatic rings. The molecule has 0 fully saturated rings. The van der Waals surface area contributed by atoms with E-state index in [2.05, 4.69) is 4.74 Å². The van der Waals surface area contributed by atoms with Crippen LogP contribution in [0.25, 0.3) is 0 Å². The molecule has 20 heavy (non-hydrogen) atoms. The van der Waals surface area contributed by atoms with E-state index in [4.69, 9.17) is 9.47 Å². The molecule has 0 aliphatic carbocycles. The largest absolute Gasteiger partial charge is 0.461 e. The summed E-state index contributed by atoms with van der Waals surface area (Å²) in [5, 5.41) is 0. The number of benzene rings is 1. The van der Waals surface area contributed by atoms with Crippen LogP contribution in [0.5, 0.6) is 5.75 Å². The van der Waals surface area contributed by atoms with Crippen molar-refractivity contribution in [1.82, 2.24) is 0 Å². The number of allylic oxidation sites excluding steroid dienone is 2. The Morgan fingerprint density at radius 3 is 2.60 bits per heavy atom. The van der Waals surface area contributed by atoms with Gasteiger partial charge in [-0.15, -0.1) is 0 Å². The van der Waals surface area contributed by atoms with Crippen molar-refractivity contribution in [3.63, 3.8) is 0 Å². The summed E-state index contributed by atoms with van der Waals surface area (Å²) in [5.41, 5.74) is 0.259. The number of hydrogen-bond donors (Lipinski definition) is 0. The van der Waals surface area contributed by atoms with Gasteiger partial charge in [0.2, 0.25) is 0 Å². The van der Waals surface area contributed by atoms with Crippen LogP contribution in [-0.2, 0) is 14.3 Å². The molecule has 5 nitrogen and oxygen atoms in total. The SMILES string of the molecule is CCOC(=O)C(=O)c1ccc(OC2=CC=CCO2)cc1. The van der Waals surface area contributed by atoms with E-state index in [0.717, 1.165) is 0 Å². The Labute approximate surface area is 116 Å². The van der Waals surface area contributed by atoms with E-state index < -0.39 is 11.8 Å². The minimum atomic E-state index is -0.857. The second-order valence-corrected chi connectivity index (χ2v) is 3.90. The summed E-state index contributed by atoms with van der Waals surface area (Å²) >= 11 is 0. The van der Waals surface area contributed by atoms with Gasteiger partial charge in [-0.05, 0) is 37.3 Å². The maximum Gasteiger partial charge on any atom is 0.379 e. The molecule has 1 aliphatic rings. The van der Waals surface area contributed by atoms with Crippen LogP contribution < -0.4 is 4.74 Å². The third-order valence-corrected chi connectivity index (χ3v) is 2.49. The first kappa shape index (κ1) is 13.9. The summed E-state index contributed by atoms with van der Waals surface area (Å²) in [4.78, 5) is 23.0. The van der Waals surface area contributed by atoms with Crippen LogP contribution in [0.2, 0.25) is 0 Å². The van der Waals surface area contributed by atoms with Gasteiger partial charge in [-0.1, -0.05) is 6.08 Å². The van der Waals surface area contributed by atoms with Crippen LogP contribution in [0, 0.1) is 0 Å². The first-order valence-corrected chi connectivity index (χ1v) is 6.19. The number of Topliss-reactive ketones (excluding diaryl/α,β-unsaturated/α-hetero) is 1. The topological polar surface area (TPSA) is 61.8 Å². The summed E-state index contributed by atoms with van der Waals surface area (Å²) in [7, 11) is 0. The van der Waals surface area contributed by atoms with Gasteiger partial charge in [0.25, 0.3) is 11.7 Å². The van der Waals surface area contributed by atoms with Gasteiger partial charge in [-0.25, -0.2) is 4.79 Å². The van der Waals surface area contributed by atoms with Crippen molar-refractivity contribution in [3.05, 3.63) is 54.0 Å². The van der Waals surface area contributed by atoms with Crippen LogP contribution >= 0.6 is 0 Å². The van der Waals surface area contributed by atoms with Crippen molar-refractivity contribution in [3.8, 4) is 5.75 Å². The molecule has 0 radical (unpaired) electrons. The molecule has 5 heteroatoms. The lowest BCUT2D eigenvalue weighted by Gasteiger charge is -2.12. The number of ketones is 1. The predicted molar refractivity (Wildman–Crippen MR) is 71.2 cm³/mol. The fraction of sp³-hybridized carbons (Fsp3) is 0.200. The first-order chi connectivity index (χ1) is 9.70. The lowest BCUT2D eigenvalue weighted by molar-refractivity contribution is -0.137. The lowest BCUT2D eigenvalue weighted by Crippen LogP contribution is -2.17. The highest BCUT2D eigenvalue weighted by Crippen LogP contribution is 2.17. The van der Waals surface area contributed by atoms with E-state index in [-0.39, 0.29) is 12.2 Å². The zero-order chi connectivity index (χ0) is 14.4. The van der Waals surface area contributed by atoms with Gasteiger partial charge in [-0.2, -0.15) is 0 Å². The Morgan fingerprint density at radius 2 is 2.00 bits per heavy atom. The molecular formula is C15H14O5. The van der Waals surface area contributed by atoms with E-state index in [9.17, 15) is 9.59 Å². The number of hydrogen-bond acceptors (Lipinski definition) is 5. The van der Waals surface area contributed by atoms with Crippen LogP contribution in [0.1, 0.15) is 17.3 Å². The normalized spacial score (nSPS) is 13.2. The van der Waals surface area contributed by atoms with Gasteiger partial charge in [-0.3, -0.25) is 4.79 Å². The van der Waals surface area contributed by atoms with E-state index in [1.54, 1.807) is 25.1 Å². The fourth-order valence-electron chi connectivity index (χ4n) is 1.55. The zero-order valence-electron chi connectivity index (χ0n) is 11.0. The minimum Gasteiger partial charge on any atom is -0.461 e. The number of esters is 1. The van der Waals surface area contributed by atoms with Gasteiger partial charge in [0, 0.05) is 11.6 Å². The maximum atomic E-state index is 11.7. The highest BCUT2D eigenvalue weighted by Gasteiger charge is 2.17. The molecule has 0 bridgehead atoms. The Hall–Kier alpha value is -2.56. The van der Waals surface area contributed by atoms with Crippen molar-refractivity contribution in [2.24, 2.45) is 0 Å². The highest BCUT2D eigenvalue weighted by atomic mass is 16.7. The third kappa shape index (κ3) is 3.47. The maximum absolute atomic E-state index is 11.7. The number of ether oxygens (including phenoxy) is 3. The second-order valence-electron chi connectivity index (χ2n) is 3.90. The third-order valence-electron chi connectivity index (χ3n) is 2.49. The Balaban J connectivity index is 2.02. The average molecular weight is 274 g/mol. The molecule has 0 aromatic heterocycles. The predicted octanol–water partition coefficient (Wildman–Crippen LogP) is 2.24. The molecule has 0 spiro atoms. The molecule has 0 saturated carbocycles. The molecule has 0 saturated heterocycles. The van der Waals surface area contributed by atoms with Crippen molar-refractivity contribution < 1.29 is 23.8 Å². The van der Waals surface area contributed by atoms with Gasteiger partial charge in [0.15, 0.2) is 0 Å². The molecule has 0 unspecified atom stereocenters. The Kier molecular flexibility index (Phi) is 4.55. The second kappa shape index (κ2) is 6.56. The van der Waals surface area contributed by atoms with Gasteiger partial charge >= 0.3 is 5.97 Å². The van der Waals surface area contributed by atoms with Gasteiger partial charge in [0.05, 0.1) is 6.61 Å². The Morgan fingerprint density at radius 1 is 1.25 bits per heavy atom. The Bertz CT molecular complexity index is 554. The van der Waals surface area contributed by atoms with Gasteiger partial charge in [0.1, 0.15) is 12.4 Å². The molecule has 1 aliphatic heterocycles. The summed E-state index contributed by atoms with van der Waals surface area (Å²) in [5.74, 6) is -0.622. The van der Waals surface area contributed by atoms with Crippen molar-refractivity contribution in [1.29, 1.82) is 0 Å². The van der Waals surface area contributed by atoms with E-state index in [0.29, 0.717) is 18.3 Å². The van der Waals surface area contributed by atoms with Crippen molar-refractivity contribution in [2.75, 3.05) is 13.2 Å². The minimum absolute atomic E-state index is 0.171. The number of carbonyl (C=O) groups excluding carboxylic acids is 2. The van der Waals surface area contributed by atoms with Crippen LogP contribution in [0.4, 0.5) is 0 Å². The van der Waals surface area contributed by atoms with Crippen LogP contribution in [-0.4, -0.2) is 25.0 Å². The van der Waals surface area contributed by atoms with Crippen molar-refractivity contribution in [2.45, 2.75) is 6.92 Å². The summed E-state index contributed by atoms with van der Waals surface area (Å²) in [6.45, 7) is 2.28. The smallest absolute Gasteiger partial charge is 0.379 e. The van der Waals surface area contributed by atoms with E-state index >= 15 is 0 Å². The summed E-state index contributed by atoms with van der Waals surface area (Å²) < 4.78 is 15.4. The molecule has 2 rings (SSSR count). The average Bonchev–Trinajstić information content (AvgIpc) is 2.48. The zero-order valence-corrected chi connectivity index (χ0v) is 11.0. The fourth-order valence-corrected chi connectivity index (χ4v) is 1.55.